The third kappa shape index (κ3) is 4.35. The molecule has 0 aromatic heterocycles. The number of nitrogens with one attached hydrogen (secondary N) is 2. The standard InChI is InChI=1S/C18H18F3N3O3/c1-9-15(25)23-14(24-16(9)26)5-6-22-17(27)13-8-12(13)10-3-2-4-11(7-10)18(19,20)21/h2-4,7,9,12-13H,5-6,8H2,1H3,(H,22,27)(H,23,24,25,26). The molecular formula is C18H18F3N3O3. The number of amidine groups is 1. The van der Waals surface area contributed by atoms with Gasteiger partial charge < -0.3 is 10.6 Å². The molecule has 1 aromatic rings. The molecule has 0 radical (unpaired) electrons. The largest absolute Gasteiger partial charge is 0.416 e. The molecule has 6 nitrogen and oxygen atoms in total. The first-order valence-corrected chi connectivity index (χ1v) is 8.54. The number of hydrogen-bond donors (Lipinski definition) is 2. The maximum Gasteiger partial charge on any atom is 0.416 e. The van der Waals surface area contributed by atoms with Gasteiger partial charge in [0.15, 0.2) is 0 Å². The minimum atomic E-state index is -4.41. The maximum atomic E-state index is 12.8. The fourth-order valence-corrected chi connectivity index (χ4v) is 2.97. The highest BCUT2D eigenvalue weighted by Gasteiger charge is 2.44. The van der Waals surface area contributed by atoms with E-state index in [-0.39, 0.29) is 36.5 Å². The molecule has 1 aliphatic heterocycles. The Bertz CT molecular complexity index is 820. The average molecular weight is 381 g/mol. The summed E-state index contributed by atoms with van der Waals surface area (Å²) in [5.41, 5.74) is -0.232. The molecule has 2 aliphatic rings. The molecule has 9 heteroatoms. The number of rotatable bonds is 5. The Kier molecular flexibility index (Phi) is 5.03. The molecule has 1 heterocycles. The van der Waals surface area contributed by atoms with Crippen molar-refractivity contribution < 1.29 is 27.6 Å². The van der Waals surface area contributed by atoms with Crippen molar-refractivity contribution in [2.75, 3.05) is 6.54 Å². The van der Waals surface area contributed by atoms with Crippen LogP contribution in [0.1, 0.15) is 36.8 Å². The summed E-state index contributed by atoms with van der Waals surface area (Å²) in [5, 5.41) is 5.18. The number of nitrogens with zero attached hydrogens (tertiary/aromatic N) is 1. The van der Waals surface area contributed by atoms with E-state index in [1.54, 1.807) is 6.07 Å². The predicted molar refractivity (Wildman–Crippen MR) is 89.7 cm³/mol. The number of amides is 3. The van der Waals surface area contributed by atoms with Crippen LogP contribution in [0.5, 0.6) is 0 Å². The summed E-state index contributed by atoms with van der Waals surface area (Å²) in [4.78, 5) is 39.0. The van der Waals surface area contributed by atoms with Crippen molar-refractivity contribution in [1.82, 2.24) is 10.6 Å². The number of carbonyl (C=O) groups excluding carboxylic acids is 3. The van der Waals surface area contributed by atoms with Crippen LogP contribution in [0.3, 0.4) is 0 Å². The van der Waals surface area contributed by atoms with Gasteiger partial charge in [-0.1, -0.05) is 18.2 Å². The molecule has 3 rings (SSSR count). The minimum Gasteiger partial charge on any atom is -0.355 e. The van der Waals surface area contributed by atoms with Gasteiger partial charge in [0.05, 0.1) is 5.56 Å². The van der Waals surface area contributed by atoms with E-state index in [2.05, 4.69) is 15.6 Å². The van der Waals surface area contributed by atoms with E-state index in [4.69, 9.17) is 0 Å². The zero-order chi connectivity index (χ0) is 19.8. The van der Waals surface area contributed by atoms with Crippen molar-refractivity contribution in [3.05, 3.63) is 35.4 Å². The fourth-order valence-electron chi connectivity index (χ4n) is 2.97. The molecule has 2 N–H and O–H groups in total. The van der Waals surface area contributed by atoms with Crippen LogP contribution >= 0.6 is 0 Å². The van der Waals surface area contributed by atoms with Crippen LogP contribution in [0.2, 0.25) is 0 Å². The zero-order valence-electron chi connectivity index (χ0n) is 14.5. The summed E-state index contributed by atoms with van der Waals surface area (Å²) in [5.74, 6) is -2.44. The first-order chi connectivity index (χ1) is 12.7. The Labute approximate surface area is 153 Å². The van der Waals surface area contributed by atoms with Gasteiger partial charge in [0.25, 0.3) is 5.91 Å². The highest BCUT2D eigenvalue weighted by atomic mass is 19.4. The maximum absolute atomic E-state index is 12.8. The number of halogens is 3. The Morgan fingerprint density at radius 1 is 1.33 bits per heavy atom. The van der Waals surface area contributed by atoms with Gasteiger partial charge in [-0.05, 0) is 30.9 Å². The SMILES string of the molecule is CC1C(=O)N=C(CCNC(=O)C2CC2c2cccc(C(F)(F)F)c2)NC1=O. The number of hydrogen-bond acceptors (Lipinski definition) is 3. The normalized spacial score (nSPS) is 24.9. The van der Waals surface area contributed by atoms with Crippen LogP contribution in [0.15, 0.2) is 29.3 Å². The van der Waals surface area contributed by atoms with Gasteiger partial charge in [0.1, 0.15) is 11.8 Å². The second-order valence-electron chi connectivity index (χ2n) is 6.72. The summed E-state index contributed by atoms with van der Waals surface area (Å²) in [7, 11) is 0. The second-order valence-corrected chi connectivity index (χ2v) is 6.72. The summed E-state index contributed by atoms with van der Waals surface area (Å²) >= 11 is 0. The van der Waals surface area contributed by atoms with Gasteiger partial charge in [-0.15, -0.1) is 0 Å². The summed E-state index contributed by atoms with van der Waals surface area (Å²) in [6.07, 6.45) is -3.74. The van der Waals surface area contributed by atoms with E-state index in [1.807, 2.05) is 0 Å². The lowest BCUT2D eigenvalue weighted by atomic mass is 10.1. The third-order valence-electron chi connectivity index (χ3n) is 4.71. The Hall–Kier alpha value is -2.71. The van der Waals surface area contributed by atoms with Crippen molar-refractivity contribution in [3.63, 3.8) is 0 Å². The highest BCUT2D eigenvalue weighted by molar-refractivity contribution is 6.15. The van der Waals surface area contributed by atoms with Crippen LogP contribution in [0, 0.1) is 11.8 Å². The quantitative estimate of drug-likeness (QED) is 0.765. The van der Waals surface area contributed by atoms with Crippen LogP contribution in [-0.2, 0) is 20.6 Å². The Balaban J connectivity index is 1.50. The highest BCUT2D eigenvalue weighted by Crippen LogP contribution is 2.48. The number of carbonyl (C=O) groups is 3. The van der Waals surface area contributed by atoms with Gasteiger partial charge in [0, 0.05) is 18.9 Å². The van der Waals surface area contributed by atoms with E-state index in [9.17, 15) is 27.6 Å². The topological polar surface area (TPSA) is 87.6 Å². The lowest BCUT2D eigenvalue weighted by Gasteiger charge is -2.17. The van der Waals surface area contributed by atoms with E-state index < -0.39 is 29.5 Å². The van der Waals surface area contributed by atoms with Crippen molar-refractivity contribution in [2.24, 2.45) is 16.8 Å². The first-order valence-electron chi connectivity index (χ1n) is 8.54. The van der Waals surface area contributed by atoms with E-state index in [0.29, 0.717) is 12.0 Å². The summed E-state index contributed by atoms with van der Waals surface area (Å²) in [6.45, 7) is 1.63. The molecule has 3 atom stereocenters. The number of alkyl halides is 3. The van der Waals surface area contributed by atoms with Gasteiger partial charge >= 0.3 is 6.18 Å². The molecule has 3 unspecified atom stereocenters. The van der Waals surface area contributed by atoms with Crippen LogP contribution < -0.4 is 10.6 Å². The van der Waals surface area contributed by atoms with Crippen LogP contribution in [-0.4, -0.2) is 30.1 Å². The average Bonchev–Trinajstić information content (AvgIpc) is 3.40. The van der Waals surface area contributed by atoms with Crippen molar-refractivity contribution in [1.29, 1.82) is 0 Å². The predicted octanol–water partition coefficient (Wildman–Crippen LogP) is 2.01. The van der Waals surface area contributed by atoms with E-state index >= 15 is 0 Å². The number of aliphatic imine (C=N–C) groups is 1. The second kappa shape index (κ2) is 7.13. The van der Waals surface area contributed by atoms with Crippen molar-refractivity contribution in [2.45, 2.75) is 31.9 Å². The molecule has 0 saturated heterocycles. The third-order valence-corrected chi connectivity index (χ3v) is 4.71. The molecule has 1 aromatic carbocycles. The monoisotopic (exact) mass is 381 g/mol. The first kappa shape index (κ1) is 19.1. The number of benzene rings is 1. The van der Waals surface area contributed by atoms with Gasteiger partial charge in [-0.3, -0.25) is 14.4 Å². The Morgan fingerprint density at radius 3 is 2.74 bits per heavy atom. The Morgan fingerprint density at radius 2 is 2.07 bits per heavy atom. The molecular weight excluding hydrogens is 363 g/mol. The molecule has 3 amide bonds. The fraction of sp³-hybridized carbons (Fsp3) is 0.444. The molecule has 1 aliphatic carbocycles. The van der Waals surface area contributed by atoms with Gasteiger partial charge in [-0.25, -0.2) is 0 Å². The van der Waals surface area contributed by atoms with Gasteiger partial charge in [-0.2, -0.15) is 18.2 Å². The summed E-state index contributed by atoms with van der Waals surface area (Å²) < 4.78 is 38.4. The molecule has 144 valence electrons. The van der Waals surface area contributed by atoms with Gasteiger partial charge in [0.2, 0.25) is 11.8 Å². The lowest BCUT2D eigenvalue weighted by molar-refractivity contribution is -0.137. The molecule has 1 fully saturated rings. The van der Waals surface area contributed by atoms with Crippen LogP contribution in [0.4, 0.5) is 13.2 Å². The van der Waals surface area contributed by atoms with Crippen molar-refractivity contribution in [3.8, 4) is 0 Å². The smallest absolute Gasteiger partial charge is 0.355 e. The van der Waals surface area contributed by atoms with Crippen LogP contribution in [0.25, 0.3) is 0 Å². The molecule has 1 saturated carbocycles. The lowest BCUT2D eigenvalue weighted by Crippen LogP contribution is -2.44. The molecule has 0 bridgehead atoms. The van der Waals surface area contributed by atoms with E-state index in [0.717, 1.165) is 12.1 Å². The summed E-state index contributed by atoms with van der Waals surface area (Å²) in [6, 6.07) is 5.01. The molecule has 27 heavy (non-hydrogen) atoms. The van der Waals surface area contributed by atoms with Crippen molar-refractivity contribution >= 4 is 23.6 Å². The molecule has 0 spiro atoms. The minimum absolute atomic E-state index is 0.172. The zero-order valence-corrected chi connectivity index (χ0v) is 14.5. The van der Waals surface area contributed by atoms with E-state index in [1.165, 1.54) is 13.0 Å².